The molecule has 4 rings (SSSR count). The summed E-state index contributed by atoms with van der Waals surface area (Å²) in [5.74, 6) is -0.966. The minimum Gasteiger partial charge on any atom is -0.337 e. The highest BCUT2D eigenvalue weighted by Gasteiger charge is 2.43. The second-order valence-electron chi connectivity index (χ2n) is 8.45. The first-order chi connectivity index (χ1) is 16.6. The van der Waals surface area contributed by atoms with Crippen molar-refractivity contribution in [3.63, 3.8) is 0 Å². The van der Waals surface area contributed by atoms with E-state index in [0.717, 1.165) is 30.7 Å². The fourth-order valence-corrected chi connectivity index (χ4v) is 4.50. The van der Waals surface area contributed by atoms with Crippen LogP contribution in [0.1, 0.15) is 35.7 Å². The summed E-state index contributed by atoms with van der Waals surface area (Å²) < 4.78 is 40.1. The van der Waals surface area contributed by atoms with Gasteiger partial charge in [-0.15, -0.1) is 0 Å². The van der Waals surface area contributed by atoms with Crippen molar-refractivity contribution in [3.05, 3.63) is 65.7 Å². The van der Waals surface area contributed by atoms with Gasteiger partial charge in [-0.25, -0.2) is 4.98 Å². The Morgan fingerprint density at radius 2 is 1.83 bits per heavy atom. The molecule has 0 saturated heterocycles. The lowest BCUT2D eigenvalue weighted by atomic mass is 9.98. The molecule has 1 fully saturated rings. The fraction of sp³-hybridized carbons (Fsp3) is 0.280. The van der Waals surface area contributed by atoms with Gasteiger partial charge in [0, 0.05) is 5.39 Å². The summed E-state index contributed by atoms with van der Waals surface area (Å²) in [6, 6.07) is 15.1. The number of carbonyl (C=O) groups excluding carboxylic acids is 2. The Morgan fingerprint density at radius 1 is 1.14 bits per heavy atom. The van der Waals surface area contributed by atoms with Gasteiger partial charge in [-0.1, -0.05) is 42.1 Å². The smallest absolute Gasteiger partial charge is 0.337 e. The van der Waals surface area contributed by atoms with Crippen LogP contribution in [0, 0.1) is 17.2 Å². The largest absolute Gasteiger partial charge is 0.418 e. The van der Waals surface area contributed by atoms with Crippen LogP contribution in [-0.2, 0) is 11.0 Å². The highest BCUT2D eigenvalue weighted by atomic mass is 32.2. The maximum Gasteiger partial charge on any atom is 0.418 e. The van der Waals surface area contributed by atoms with E-state index >= 15 is 0 Å². The van der Waals surface area contributed by atoms with Gasteiger partial charge in [0.25, 0.3) is 5.91 Å². The minimum atomic E-state index is -4.63. The Labute approximate surface area is 203 Å². The van der Waals surface area contributed by atoms with Crippen molar-refractivity contribution in [3.8, 4) is 6.07 Å². The molecule has 3 aromatic rings. The number of para-hydroxylation sites is 2. The van der Waals surface area contributed by atoms with Gasteiger partial charge in [-0.2, -0.15) is 18.4 Å². The Hall–Kier alpha value is -3.58. The first kappa shape index (κ1) is 24.5. The van der Waals surface area contributed by atoms with E-state index in [0.29, 0.717) is 15.9 Å². The Morgan fingerprint density at radius 3 is 2.51 bits per heavy atom. The Bertz CT molecular complexity index is 1330. The van der Waals surface area contributed by atoms with Crippen LogP contribution in [0.2, 0.25) is 0 Å². The number of nitrogens with zero attached hydrogens (tertiary/aromatic N) is 2. The molecule has 6 nitrogen and oxygen atoms in total. The van der Waals surface area contributed by atoms with Crippen LogP contribution in [0.4, 0.5) is 18.9 Å². The number of rotatable bonds is 7. The second kappa shape index (κ2) is 9.58. The molecule has 0 unspecified atom stereocenters. The lowest BCUT2D eigenvalue weighted by Crippen LogP contribution is -2.47. The summed E-state index contributed by atoms with van der Waals surface area (Å²) >= 11 is 1.08. The lowest BCUT2D eigenvalue weighted by Gasteiger charge is -2.22. The number of hydrogen-bond acceptors (Lipinski definition) is 5. The van der Waals surface area contributed by atoms with Crippen LogP contribution >= 0.6 is 11.8 Å². The number of hydrogen-bond donors (Lipinski definition) is 2. The van der Waals surface area contributed by atoms with Crippen molar-refractivity contribution in [2.45, 2.75) is 36.5 Å². The number of anilines is 1. The monoisotopic (exact) mass is 498 g/mol. The van der Waals surface area contributed by atoms with Gasteiger partial charge in [0.15, 0.2) is 0 Å². The normalized spacial score (nSPS) is 15.2. The molecule has 0 spiro atoms. The molecular weight excluding hydrogens is 477 g/mol. The van der Waals surface area contributed by atoms with E-state index in [2.05, 4.69) is 21.7 Å². The molecule has 1 aliphatic carbocycles. The van der Waals surface area contributed by atoms with E-state index in [-0.39, 0.29) is 28.8 Å². The summed E-state index contributed by atoms with van der Waals surface area (Å²) in [6.07, 6.45) is -2.85. The molecule has 35 heavy (non-hydrogen) atoms. The number of nitrogens with one attached hydrogen (secondary N) is 2. The zero-order chi connectivity index (χ0) is 25.2. The zero-order valence-corrected chi connectivity index (χ0v) is 19.5. The first-order valence-corrected chi connectivity index (χ1v) is 11.8. The highest BCUT2D eigenvalue weighted by molar-refractivity contribution is 7.99. The molecule has 0 radical (unpaired) electrons. The molecule has 2 N–H and O–H groups in total. The third-order valence-corrected chi connectivity index (χ3v) is 6.71. The first-order valence-electron chi connectivity index (χ1n) is 10.8. The molecule has 1 atom stereocenters. The van der Waals surface area contributed by atoms with Crippen molar-refractivity contribution in [1.29, 1.82) is 5.26 Å². The lowest BCUT2D eigenvalue weighted by molar-refractivity contribution is -0.137. The number of nitriles is 1. The molecule has 180 valence electrons. The number of fused-ring (bicyclic) bond motifs is 1. The van der Waals surface area contributed by atoms with Crippen molar-refractivity contribution in [2.75, 3.05) is 11.1 Å². The molecule has 0 aliphatic heterocycles. The maximum absolute atomic E-state index is 13.4. The maximum atomic E-state index is 13.4. The zero-order valence-electron chi connectivity index (χ0n) is 18.6. The number of aromatic nitrogens is 1. The molecule has 1 heterocycles. The Balaban J connectivity index is 1.57. The van der Waals surface area contributed by atoms with Gasteiger partial charge >= 0.3 is 6.18 Å². The van der Waals surface area contributed by atoms with E-state index < -0.39 is 23.2 Å². The summed E-state index contributed by atoms with van der Waals surface area (Å²) in [7, 11) is 0. The average Bonchev–Trinajstić information content (AvgIpc) is 3.68. The van der Waals surface area contributed by atoms with Crippen LogP contribution in [-0.4, -0.2) is 28.1 Å². The van der Waals surface area contributed by atoms with Crippen molar-refractivity contribution >= 4 is 40.2 Å². The number of thioether (sulfide) groups is 1. The minimum absolute atomic E-state index is 0.0344. The molecule has 1 aromatic heterocycles. The molecular formula is C25H21F3N4O2S. The summed E-state index contributed by atoms with van der Waals surface area (Å²) in [6.45, 7) is 1.70. The Kier molecular flexibility index (Phi) is 6.72. The second-order valence-corrected chi connectivity index (χ2v) is 9.44. The number of pyridine rings is 1. The van der Waals surface area contributed by atoms with Gasteiger partial charge in [-0.3, -0.25) is 9.59 Å². The molecule has 0 bridgehead atoms. The van der Waals surface area contributed by atoms with E-state index in [1.807, 2.05) is 0 Å². The van der Waals surface area contributed by atoms with E-state index in [4.69, 9.17) is 0 Å². The molecule has 10 heteroatoms. The molecule has 1 aliphatic rings. The number of benzene rings is 2. The third-order valence-electron chi connectivity index (χ3n) is 5.79. The molecule has 1 saturated carbocycles. The van der Waals surface area contributed by atoms with Crippen molar-refractivity contribution in [1.82, 2.24) is 10.3 Å². The van der Waals surface area contributed by atoms with E-state index in [1.54, 1.807) is 31.2 Å². The van der Waals surface area contributed by atoms with Crippen LogP contribution < -0.4 is 10.6 Å². The third kappa shape index (κ3) is 5.57. The fourth-order valence-electron chi connectivity index (χ4n) is 3.79. The topological polar surface area (TPSA) is 94.9 Å². The van der Waals surface area contributed by atoms with Gasteiger partial charge < -0.3 is 10.6 Å². The van der Waals surface area contributed by atoms with Gasteiger partial charge in [-0.05, 0) is 49.9 Å². The van der Waals surface area contributed by atoms with Gasteiger partial charge in [0.05, 0.1) is 39.2 Å². The number of carbonyl (C=O) groups is 2. The molecule has 2 aromatic carbocycles. The summed E-state index contributed by atoms with van der Waals surface area (Å²) in [5.41, 5.74) is -1.63. The van der Waals surface area contributed by atoms with E-state index in [9.17, 15) is 28.0 Å². The number of alkyl halides is 3. The standard InChI is InChI=1S/C25H21F3N4O2S/c1-24(14-29,15-10-11-15)32-21(33)13-35-22-12-17(16-6-2-4-8-19(16)30-22)23(34)31-20-9-5-3-7-18(20)25(26,27)28/h2-9,12,15H,10-11,13H2,1H3,(H,31,34)(H,32,33)/t24-/m0/s1. The molecule has 2 amide bonds. The summed E-state index contributed by atoms with van der Waals surface area (Å²) in [4.78, 5) is 30.0. The van der Waals surface area contributed by atoms with Gasteiger partial charge in [0.2, 0.25) is 5.91 Å². The SMILES string of the molecule is C[C@@](C#N)(NC(=O)CSc1cc(C(=O)Nc2ccccc2C(F)(F)F)c2ccccc2n1)C1CC1. The van der Waals surface area contributed by atoms with Crippen LogP contribution in [0.25, 0.3) is 10.9 Å². The van der Waals surface area contributed by atoms with Crippen molar-refractivity contribution in [2.24, 2.45) is 5.92 Å². The van der Waals surface area contributed by atoms with Crippen molar-refractivity contribution < 1.29 is 22.8 Å². The number of amides is 2. The van der Waals surface area contributed by atoms with Gasteiger partial charge in [0.1, 0.15) is 5.54 Å². The average molecular weight is 499 g/mol. The predicted molar refractivity (Wildman–Crippen MR) is 127 cm³/mol. The number of halogens is 3. The van der Waals surface area contributed by atoms with Crippen LogP contribution in [0.5, 0.6) is 0 Å². The predicted octanol–water partition coefficient (Wildman–Crippen LogP) is 5.41. The van der Waals surface area contributed by atoms with Crippen LogP contribution in [0.15, 0.2) is 59.6 Å². The quantitative estimate of drug-likeness (QED) is 0.425. The van der Waals surface area contributed by atoms with Crippen LogP contribution in [0.3, 0.4) is 0 Å². The highest BCUT2D eigenvalue weighted by Crippen LogP contribution is 2.39. The summed E-state index contributed by atoms with van der Waals surface area (Å²) in [5, 5.41) is 15.4. The van der Waals surface area contributed by atoms with E-state index in [1.165, 1.54) is 24.3 Å².